The van der Waals surface area contributed by atoms with Crippen molar-refractivity contribution < 1.29 is 18.9 Å². The maximum atomic E-state index is 5.85. The molecule has 0 saturated carbocycles. The van der Waals surface area contributed by atoms with Gasteiger partial charge in [0.25, 0.3) is 0 Å². The van der Waals surface area contributed by atoms with Crippen molar-refractivity contribution in [1.82, 2.24) is 0 Å². The van der Waals surface area contributed by atoms with Crippen LogP contribution < -0.4 is 23.8 Å². The molecule has 0 aliphatic carbocycles. The summed E-state index contributed by atoms with van der Waals surface area (Å²) in [6.45, 7) is 0. The first-order valence-corrected chi connectivity index (χ1v) is 3.42. The van der Waals surface area contributed by atoms with E-state index in [2.05, 4.69) is 6.07 Å². The van der Waals surface area contributed by atoms with Crippen molar-refractivity contribution in [3.63, 3.8) is 0 Å². The zero-order valence-electron chi connectivity index (χ0n) is 7.06. The van der Waals surface area contributed by atoms with Crippen LogP contribution in [0.15, 0.2) is 18.2 Å². The van der Waals surface area contributed by atoms with Gasteiger partial charge < -0.3 is 4.90 Å². The molecule has 1 nitrogen and oxygen atoms in total. The minimum atomic E-state index is 0. The van der Waals surface area contributed by atoms with Gasteiger partial charge in [-0.05, 0) is 5.02 Å². The average molecular weight is 162 g/mol. The van der Waals surface area contributed by atoms with Crippen LogP contribution in [0.2, 0.25) is 5.02 Å². The van der Waals surface area contributed by atoms with Crippen molar-refractivity contribution in [3.05, 3.63) is 29.3 Å². The van der Waals surface area contributed by atoms with Gasteiger partial charge in [-0.2, -0.15) is 29.8 Å². The second-order valence-electron chi connectivity index (χ2n) is 2.27. The number of hydrogen-bond acceptors (Lipinski definition) is 1. The van der Waals surface area contributed by atoms with Crippen LogP contribution in [0.5, 0.6) is 0 Å². The van der Waals surface area contributed by atoms with Crippen LogP contribution in [0.1, 0.15) is 0 Å². The van der Waals surface area contributed by atoms with Crippen molar-refractivity contribution in [3.8, 4) is 0 Å². The summed E-state index contributed by atoms with van der Waals surface area (Å²) in [4.78, 5) is 1.97. The average Bonchev–Trinajstić information content (AvgIpc) is 1.88. The molecule has 1 rings (SSSR count). The molecule has 0 heterocycles. The van der Waals surface area contributed by atoms with Crippen LogP contribution >= 0.6 is 11.6 Å². The number of hydrogen-bond donors (Lipinski definition) is 0. The van der Waals surface area contributed by atoms with Crippen molar-refractivity contribution >= 4 is 17.3 Å². The fraction of sp³-hybridized carbons (Fsp3) is 0.250. The smallest absolute Gasteiger partial charge is 0.398 e. The number of benzene rings is 1. The van der Waals surface area contributed by atoms with E-state index in [-0.39, 0.29) is 18.9 Å². The summed E-state index contributed by atoms with van der Waals surface area (Å²) in [5.41, 5.74) is 1.03. The molecule has 54 valence electrons. The summed E-state index contributed by atoms with van der Waals surface area (Å²) in [6.07, 6.45) is 0. The molecule has 11 heavy (non-hydrogen) atoms. The Labute approximate surface area is 84.5 Å². The first-order chi connectivity index (χ1) is 4.72. The Bertz CT molecular complexity index is 225. The molecule has 0 aromatic heterocycles. The van der Waals surface area contributed by atoms with E-state index in [4.69, 9.17) is 11.6 Å². The van der Waals surface area contributed by atoms with E-state index in [9.17, 15) is 0 Å². The normalized spacial score (nSPS) is 8.64. The molecule has 0 saturated heterocycles. The van der Waals surface area contributed by atoms with E-state index < -0.39 is 0 Å². The monoisotopic (exact) mass is 161 g/mol. The Hall–Kier alpha value is -0.0926. The second-order valence-corrected chi connectivity index (χ2v) is 2.68. The molecule has 0 aliphatic heterocycles. The van der Waals surface area contributed by atoms with Gasteiger partial charge in [0.15, 0.2) is 0 Å². The molecule has 0 bridgehead atoms. The third kappa shape index (κ3) is 2.79. The van der Waals surface area contributed by atoms with Crippen LogP contribution in [0.25, 0.3) is 0 Å². The maximum absolute atomic E-state index is 5.85. The van der Waals surface area contributed by atoms with Gasteiger partial charge in [-0.3, -0.25) is 0 Å². The molecule has 0 spiro atoms. The van der Waals surface area contributed by atoms with Crippen LogP contribution in [0.3, 0.4) is 0 Å². The Morgan fingerprint density at radius 3 is 2.45 bits per heavy atom. The topological polar surface area (TPSA) is 3.24 Å². The fourth-order valence-electron chi connectivity index (χ4n) is 0.765. The number of halogens is 1. The fourth-order valence-corrected chi connectivity index (χ4v) is 1.06. The molecular formula is C8H9ClLiN. The molecule has 0 N–H and O–H groups in total. The summed E-state index contributed by atoms with van der Waals surface area (Å²) in [5, 5.41) is 0.743. The second kappa shape index (κ2) is 4.72. The molecule has 1 aromatic rings. The van der Waals surface area contributed by atoms with E-state index in [1.807, 2.05) is 31.1 Å². The van der Waals surface area contributed by atoms with Crippen LogP contribution in [-0.4, -0.2) is 14.1 Å². The van der Waals surface area contributed by atoms with Gasteiger partial charge in [0, 0.05) is 14.1 Å². The van der Waals surface area contributed by atoms with Crippen LogP contribution in [-0.2, 0) is 0 Å². The Kier molecular flexibility index (Phi) is 4.68. The van der Waals surface area contributed by atoms with Gasteiger partial charge in [-0.1, -0.05) is 5.69 Å². The third-order valence-electron chi connectivity index (χ3n) is 1.27. The molecule has 0 unspecified atom stereocenters. The summed E-state index contributed by atoms with van der Waals surface area (Å²) in [7, 11) is 3.92. The summed E-state index contributed by atoms with van der Waals surface area (Å²) in [5.74, 6) is 0. The van der Waals surface area contributed by atoms with Crippen molar-refractivity contribution in [1.29, 1.82) is 0 Å². The third-order valence-corrected chi connectivity index (χ3v) is 1.58. The Morgan fingerprint density at radius 2 is 2.09 bits per heavy atom. The van der Waals surface area contributed by atoms with E-state index in [1.165, 1.54) is 0 Å². The first kappa shape index (κ1) is 10.9. The molecule has 1 aromatic carbocycles. The minimum Gasteiger partial charge on any atom is -0.398 e. The first-order valence-electron chi connectivity index (χ1n) is 3.05. The van der Waals surface area contributed by atoms with Gasteiger partial charge in [-0.15, -0.1) is 6.07 Å². The maximum Gasteiger partial charge on any atom is 1.00 e. The van der Waals surface area contributed by atoms with Crippen molar-refractivity contribution in [2.75, 3.05) is 19.0 Å². The minimum absolute atomic E-state index is 0. The zero-order valence-corrected chi connectivity index (χ0v) is 7.81. The number of anilines is 1. The molecule has 0 amide bonds. The number of rotatable bonds is 1. The quantitative estimate of drug-likeness (QED) is 0.386. The molecule has 0 aliphatic rings. The largest absolute Gasteiger partial charge is 1.00 e. The van der Waals surface area contributed by atoms with Gasteiger partial charge in [-0.25, -0.2) is 0 Å². The van der Waals surface area contributed by atoms with Crippen LogP contribution in [0, 0.1) is 6.07 Å². The zero-order chi connectivity index (χ0) is 7.56. The molecule has 0 atom stereocenters. The predicted molar refractivity (Wildman–Crippen MR) is 44.6 cm³/mol. The van der Waals surface area contributed by atoms with Crippen molar-refractivity contribution in [2.45, 2.75) is 0 Å². The summed E-state index contributed by atoms with van der Waals surface area (Å²) in [6, 6.07) is 8.44. The Balaban J connectivity index is 0.000001000. The van der Waals surface area contributed by atoms with Gasteiger partial charge in [0.05, 0.1) is 0 Å². The van der Waals surface area contributed by atoms with E-state index in [1.54, 1.807) is 6.07 Å². The van der Waals surface area contributed by atoms with Gasteiger partial charge >= 0.3 is 18.9 Å². The van der Waals surface area contributed by atoms with E-state index in [0.29, 0.717) is 0 Å². The molecule has 0 radical (unpaired) electrons. The summed E-state index contributed by atoms with van der Waals surface area (Å²) >= 11 is 5.85. The SMILES string of the molecule is CN(C)c1cc[c-]cc1Cl.[Li+]. The molecular weight excluding hydrogens is 152 g/mol. The van der Waals surface area contributed by atoms with Crippen LogP contribution in [0.4, 0.5) is 5.69 Å². The number of nitrogens with zero attached hydrogens (tertiary/aromatic N) is 1. The van der Waals surface area contributed by atoms with Gasteiger partial charge in [0.2, 0.25) is 0 Å². The molecule has 0 fully saturated rings. The Morgan fingerprint density at radius 1 is 1.45 bits per heavy atom. The van der Waals surface area contributed by atoms with Gasteiger partial charge in [0.1, 0.15) is 0 Å². The van der Waals surface area contributed by atoms with E-state index in [0.717, 1.165) is 10.7 Å². The standard InChI is InChI=1S/C8H9ClN.Li/c1-10(2)8-6-4-3-5-7(8)9;/h4-6H,1-2H3;/q-1;+1. The van der Waals surface area contributed by atoms with Crippen molar-refractivity contribution in [2.24, 2.45) is 0 Å². The van der Waals surface area contributed by atoms with E-state index >= 15 is 0 Å². The summed E-state index contributed by atoms with van der Waals surface area (Å²) < 4.78 is 0. The predicted octanol–water partition coefficient (Wildman–Crippen LogP) is -0.790. The molecule has 3 heteroatoms.